The molecule has 2 nitrogen and oxygen atoms in total. The number of hydrogen-bond acceptors (Lipinski definition) is 1. The summed E-state index contributed by atoms with van der Waals surface area (Å²) in [6.45, 7) is 0. The number of aromatic nitrogens is 1. The van der Waals surface area contributed by atoms with Crippen LogP contribution >= 0.6 is 0 Å². The van der Waals surface area contributed by atoms with E-state index in [1.54, 1.807) is 0 Å². The highest BCUT2D eigenvalue weighted by Gasteiger charge is 1.90. The molecule has 0 aliphatic heterocycles. The summed E-state index contributed by atoms with van der Waals surface area (Å²) in [6, 6.07) is 30.6. The Morgan fingerprint density at radius 2 is 1.09 bits per heavy atom. The highest BCUT2D eigenvalue weighted by molar-refractivity contribution is 5.78. The van der Waals surface area contributed by atoms with Crippen molar-refractivity contribution >= 4 is 22.3 Å². The summed E-state index contributed by atoms with van der Waals surface area (Å²) in [6.07, 6.45) is 1.95. The number of hydrogen-bond donors (Lipinski definition) is 2. The Bertz CT molecular complexity index is 737. The average Bonchev–Trinajstić information content (AvgIpc) is 3.06. The second kappa shape index (κ2) is 7.14. The zero-order chi connectivity index (χ0) is 15.0. The van der Waals surface area contributed by atoms with Gasteiger partial charge in [0.1, 0.15) is 0 Å². The maximum Gasteiger partial charge on any atom is 0.0453 e. The summed E-state index contributed by atoms with van der Waals surface area (Å²) in [5, 5.41) is 4.58. The standard InChI is InChI=1S/C12H11N.C8H7N/c1-3-7-11(8-4-1)13-12-9-5-2-6-10-12;1-2-4-8-7(3-1)5-6-9-8/h1-10,13H;1-6,9H. The third-order valence-electron chi connectivity index (χ3n) is 3.30. The summed E-state index contributed by atoms with van der Waals surface area (Å²) in [5.41, 5.74) is 3.44. The lowest BCUT2D eigenvalue weighted by molar-refractivity contribution is 1.48. The Kier molecular flexibility index (Phi) is 4.53. The quantitative estimate of drug-likeness (QED) is 0.493. The second-order valence-electron chi connectivity index (χ2n) is 4.92. The largest absolute Gasteiger partial charge is 0.361 e. The molecular weight excluding hydrogens is 268 g/mol. The number of anilines is 2. The molecule has 108 valence electrons. The molecule has 0 radical (unpaired) electrons. The fourth-order valence-corrected chi connectivity index (χ4v) is 2.20. The van der Waals surface area contributed by atoms with E-state index in [2.05, 4.69) is 28.5 Å². The first kappa shape index (κ1) is 14.0. The minimum Gasteiger partial charge on any atom is -0.361 e. The van der Waals surface area contributed by atoms with Gasteiger partial charge in [0.15, 0.2) is 0 Å². The molecular formula is C20H18N2. The Hall–Kier alpha value is -3.00. The predicted octanol–water partition coefficient (Wildman–Crippen LogP) is 5.60. The van der Waals surface area contributed by atoms with E-state index in [0.29, 0.717) is 0 Å². The van der Waals surface area contributed by atoms with E-state index in [-0.39, 0.29) is 0 Å². The van der Waals surface area contributed by atoms with Crippen molar-refractivity contribution in [3.63, 3.8) is 0 Å². The molecule has 3 aromatic carbocycles. The molecule has 2 heteroatoms. The summed E-state index contributed by atoms with van der Waals surface area (Å²) in [7, 11) is 0. The molecule has 0 amide bonds. The maximum atomic E-state index is 3.30. The van der Waals surface area contributed by atoms with Crippen LogP contribution in [0.5, 0.6) is 0 Å². The number of benzene rings is 3. The zero-order valence-corrected chi connectivity index (χ0v) is 12.2. The molecule has 22 heavy (non-hydrogen) atoms. The van der Waals surface area contributed by atoms with E-state index < -0.39 is 0 Å². The van der Waals surface area contributed by atoms with Crippen molar-refractivity contribution in [2.75, 3.05) is 5.32 Å². The lowest BCUT2D eigenvalue weighted by atomic mass is 10.3. The van der Waals surface area contributed by atoms with E-state index in [0.717, 1.165) is 11.4 Å². The molecule has 0 atom stereocenters. The van der Waals surface area contributed by atoms with Gasteiger partial charge in [-0.15, -0.1) is 0 Å². The van der Waals surface area contributed by atoms with Crippen LogP contribution in [0.15, 0.2) is 97.2 Å². The molecule has 1 aromatic heterocycles. The third kappa shape index (κ3) is 3.76. The lowest BCUT2D eigenvalue weighted by Gasteiger charge is -2.04. The van der Waals surface area contributed by atoms with Gasteiger partial charge < -0.3 is 10.3 Å². The Balaban J connectivity index is 0.000000139. The van der Waals surface area contributed by atoms with Gasteiger partial charge in [0.25, 0.3) is 0 Å². The number of para-hydroxylation sites is 3. The van der Waals surface area contributed by atoms with Crippen molar-refractivity contribution in [3.8, 4) is 0 Å². The summed E-state index contributed by atoms with van der Waals surface area (Å²) in [4.78, 5) is 3.12. The number of nitrogens with one attached hydrogen (secondary N) is 2. The molecule has 4 aromatic rings. The third-order valence-corrected chi connectivity index (χ3v) is 3.30. The number of fused-ring (bicyclic) bond motifs is 1. The smallest absolute Gasteiger partial charge is 0.0453 e. The normalized spacial score (nSPS) is 9.82. The van der Waals surface area contributed by atoms with Crippen LogP contribution in [-0.2, 0) is 0 Å². The van der Waals surface area contributed by atoms with Crippen LogP contribution in [0.4, 0.5) is 11.4 Å². The molecule has 4 rings (SSSR count). The second-order valence-corrected chi connectivity index (χ2v) is 4.92. The maximum absolute atomic E-state index is 3.30. The van der Waals surface area contributed by atoms with Gasteiger partial charge in [0.2, 0.25) is 0 Å². The molecule has 2 N–H and O–H groups in total. The van der Waals surface area contributed by atoms with Crippen LogP contribution in [0.1, 0.15) is 0 Å². The SMILES string of the molecule is c1ccc(Nc2ccccc2)cc1.c1ccc2[nH]ccc2c1. The zero-order valence-electron chi connectivity index (χ0n) is 12.2. The van der Waals surface area contributed by atoms with Gasteiger partial charge in [-0.2, -0.15) is 0 Å². The van der Waals surface area contributed by atoms with Gasteiger partial charge >= 0.3 is 0 Å². The average molecular weight is 286 g/mol. The van der Waals surface area contributed by atoms with Gasteiger partial charge in [-0.3, -0.25) is 0 Å². The van der Waals surface area contributed by atoms with Gasteiger partial charge in [-0.25, -0.2) is 0 Å². The molecule has 0 bridgehead atoms. The minimum absolute atomic E-state index is 1.12. The molecule has 0 unspecified atom stereocenters. The first-order valence-corrected chi connectivity index (χ1v) is 7.31. The Labute approximate surface area is 130 Å². The van der Waals surface area contributed by atoms with Crippen molar-refractivity contribution in [1.29, 1.82) is 0 Å². The molecule has 1 heterocycles. The van der Waals surface area contributed by atoms with Crippen LogP contribution in [-0.4, -0.2) is 4.98 Å². The number of rotatable bonds is 2. The van der Waals surface area contributed by atoms with Crippen LogP contribution in [0.25, 0.3) is 10.9 Å². The van der Waals surface area contributed by atoms with E-state index in [9.17, 15) is 0 Å². The monoisotopic (exact) mass is 286 g/mol. The van der Waals surface area contributed by atoms with Gasteiger partial charge in [0, 0.05) is 23.1 Å². The number of aromatic amines is 1. The molecule has 0 spiro atoms. The topological polar surface area (TPSA) is 27.8 Å². The van der Waals surface area contributed by atoms with Crippen molar-refractivity contribution in [1.82, 2.24) is 4.98 Å². The molecule has 0 aliphatic rings. The molecule has 0 saturated carbocycles. The van der Waals surface area contributed by atoms with Gasteiger partial charge in [0.05, 0.1) is 0 Å². The van der Waals surface area contributed by atoms with E-state index in [4.69, 9.17) is 0 Å². The molecule has 0 aliphatic carbocycles. The van der Waals surface area contributed by atoms with Crippen LogP contribution in [0.3, 0.4) is 0 Å². The highest BCUT2D eigenvalue weighted by Crippen LogP contribution is 2.14. The van der Waals surface area contributed by atoms with Crippen molar-refractivity contribution < 1.29 is 0 Å². The Morgan fingerprint density at radius 1 is 0.545 bits per heavy atom. The predicted molar refractivity (Wildman–Crippen MR) is 94.5 cm³/mol. The van der Waals surface area contributed by atoms with E-state index in [1.807, 2.05) is 79.0 Å². The fourth-order valence-electron chi connectivity index (χ4n) is 2.20. The van der Waals surface area contributed by atoms with Gasteiger partial charge in [-0.05, 0) is 41.8 Å². The van der Waals surface area contributed by atoms with Crippen LogP contribution in [0.2, 0.25) is 0 Å². The highest BCUT2D eigenvalue weighted by atomic mass is 14.9. The van der Waals surface area contributed by atoms with Crippen molar-refractivity contribution in [3.05, 3.63) is 97.2 Å². The summed E-state index contributed by atoms with van der Waals surface area (Å²) in [5.74, 6) is 0. The minimum atomic E-state index is 1.12. The first-order valence-electron chi connectivity index (χ1n) is 7.31. The lowest BCUT2D eigenvalue weighted by Crippen LogP contribution is -1.87. The molecule has 0 saturated heterocycles. The summed E-state index contributed by atoms with van der Waals surface area (Å²) >= 11 is 0. The number of H-pyrrole nitrogens is 1. The Morgan fingerprint density at radius 3 is 1.68 bits per heavy atom. The van der Waals surface area contributed by atoms with Crippen molar-refractivity contribution in [2.24, 2.45) is 0 Å². The summed E-state index contributed by atoms with van der Waals surface area (Å²) < 4.78 is 0. The van der Waals surface area contributed by atoms with Gasteiger partial charge in [-0.1, -0.05) is 54.6 Å². The fraction of sp³-hybridized carbons (Fsp3) is 0. The first-order chi connectivity index (χ1) is 10.9. The molecule has 0 fully saturated rings. The van der Waals surface area contributed by atoms with E-state index >= 15 is 0 Å². The van der Waals surface area contributed by atoms with E-state index in [1.165, 1.54) is 10.9 Å². The van der Waals surface area contributed by atoms with Crippen molar-refractivity contribution in [2.45, 2.75) is 0 Å². The van der Waals surface area contributed by atoms with Crippen LogP contribution < -0.4 is 5.32 Å². The van der Waals surface area contributed by atoms with Crippen LogP contribution in [0, 0.1) is 0 Å².